The van der Waals surface area contributed by atoms with E-state index in [4.69, 9.17) is 14.7 Å². The van der Waals surface area contributed by atoms with Gasteiger partial charge >= 0.3 is 0 Å². The molecule has 3 aromatic heterocycles. The van der Waals surface area contributed by atoms with E-state index in [-0.39, 0.29) is 11.9 Å². The number of halogens is 2. The minimum Gasteiger partial charge on any atom is -0.372 e. The summed E-state index contributed by atoms with van der Waals surface area (Å²) in [6, 6.07) is 3.39. The summed E-state index contributed by atoms with van der Waals surface area (Å²) in [4.78, 5) is 10.3. The Morgan fingerprint density at radius 2 is 1.83 bits per heavy atom. The fraction of sp³-hybridized carbons (Fsp3) is 0.407. The molecule has 1 aromatic carbocycles. The molecule has 0 unspecified atom stereocenters. The zero-order valence-corrected chi connectivity index (χ0v) is 24.7. The summed E-state index contributed by atoms with van der Waals surface area (Å²) in [7, 11) is 1.00. The highest BCUT2D eigenvalue weighted by Crippen LogP contribution is 2.49. The number of benzene rings is 1. The van der Waals surface area contributed by atoms with Crippen LogP contribution in [0.15, 0.2) is 29.3 Å². The summed E-state index contributed by atoms with van der Waals surface area (Å²) < 4.78 is 62.0. The second kappa shape index (κ2) is 10.2. The Morgan fingerprint density at radius 1 is 1.17 bits per heavy atom. The molecule has 0 bridgehead atoms. The van der Waals surface area contributed by atoms with E-state index in [1.165, 1.54) is 7.05 Å². The summed E-state index contributed by atoms with van der Waals surface area (Å²) in [6.07, 6.45) is 4.41. The molecule has 11 nitrogen and oxygen atoms in total. The number of nitrogens with zero attached hydrogens (tertiary/aromatic N) is 6. The summed E-state index contributed by atoms with van der Waals surface area (Å²) in [5.41, 5.74) is 2.41. The zero-order valence-electron chi connectivity index (χ0n) is 23.9. The molecule has 2 N–H and O–H groups in total. The Hall–Kier alpha value is -3.91. The molecule has 14 heteroatoms. The first-order valence-electron chi connectivity index (χ1n) is 12.9. The lowest BCUT2D eigenvalue weighted by Crippen LogP contribution is -2.24. The maximum atomic E-state index is 15.3. The maximum absolute atomic E-state index is 15.3. The second-order valence-electron chi connectivity index (χ2n) is 10.8. The monoisotopic (exact) mass is 586 g/mol. The van der Waals surface area contributed by atoms with Crippen molar-refractivity contribution in [1.29, 1.82) is 0 Å². The van der Waals surface area contributed by atoms with Crippen LogP contribution >= 0.6 is 0 Å². The molecular formula is C27H32F2N8O3S. The largest absolute Gasteiger partial charge is 0.372 e. The average molecular weight is 587 g/mol. The third-order valence-corrected chi connectivity index (χ3v) is 8.29. The number of aryl methyl sites for hydroxylation is 2. The van der Waals surface area contributed by atoms with Gasteiger partial charge in [0.1, 0.15) is 17.1 Å². The van der Waals surface area contributed by atoms with E-state index >= 15 is 8.78 Å². The SMILES string of the molecule is COC(C)(C)c1c(-c2nc(N(C)c3c(F)cc(S(C)(=O)=O)cc3F)nc(Nc3cc(C)[nH]n3)c2C2CC2)cnn1C. The van der Waals surface area contributed by atoms with Crippen molar-refractivity contribution in [2.24, 2.45) is 7.05 Å². The fourth-order valence-corrected chi connectivity index (χ4v) is 5.50. The Bertz CT molecular complexity index is 1720. The van der Waals surface area contributed by atoms with Crippen LogP contribution in [0.4, 0.5) is 32.1 Å². The average Bonchev–Trinajstić information content (AvgIpc) is 3.53. The van der Waals surface area contributed by atoms with Crippen molar-refractivity contribution in [2.45, 2.75) is 50.0 Å². The lowest BCUT2D eigenvalue weighted by Gasteiger charge is -2.26. The van der Waals surface area contributed by atoms with Crippen LogP contribution in [0.1, 0.15) is 49.6 Å². The molecule has 0 aliphatic heterocycles. The molecule has 1 aliphatic carbocycles. The second-order valence-corrected chi connectivity index (χ2v) is 12.8. The molecule has 1 saturated carbocycles. The Kier molecular flexibility index (Phi) is 7.10. The van der Waals surface area contributed by atoms with E-state index in [1.54, 1.807) is 18.0 Å². The summed E-state index contributed by atoms with van der Waals surface area (Å²) >= 11 is 0. The number of hydrogen-bond acceptors (Lipinski definition) is 9. The van der Waals surface area contributed by atoms with Gasteiger partial charge < -0.3 is 15.0 Å². The number of ether oxygens (including phenoxy) is 1. The number of nitrogens with one attached hydrogen (secondary N) is 2. The van der Waals surface area contributed by atoms with Crippen molar-refractivity contribution in [2.75, 3.05) is 30.6 Å². The maximum Gasteiger partial charge on any atom is 0.232 e. The van der Waals surface area contributed by atoms with E-state index < -0.39 is 37.7 Å². The van der Waals surface area contributed by atoms with Gasteiger partial charge in [-0.1, -0.05) is 0 Å². The van der Waals surface area contributed by atoms with Gasteiger partial charge in [0.2, 0.25) is 5.95 Å². The molecular weight excluding hydrogens is 554 g/mol. The van der Waals surface area contributed by atoms with Crippen molar-refractivity contribution in [3.8, 4) is 11.3 Å². The Balaban J connectivity index is 1.75. The predicted molar refractivity (Wildman–Crippen MR) is 150 cm³/mol. The van der Waals surface area contributed by atoms with Crippen LogP contribution < -0.4 is 10.2 Å². The number of anilines is 4. The number of sulfone groups is 1. The van der Waals surface area contributed by atoms with E-state index in [2.05, 4.69) is 20.6 Å². The van der Waals surface area contributed by atoms with Crippen LogP contribution in [0.5, 0.6) is 0 Å². The lowest BCUT2D eigenvalue weighted by atomic mass is 9.95. The third kappa shape index (κ3) is 5.40. The van der Waals surface area contributed by atoms with Gasteiger partial charge in [0.05, 0.1) is 22.5 Å². The summed E-state index contributed by atoms with van der Waals surface area (Å²) in [5.74, 6) is -1.05. The fourth-order valence-electron chi connectivity index (χ4n) is 4.87. The predicted octanol–water partition coefficient (Wildman–Crippen LogP) is 4.86. The lowest BCUT2D eigenvalue weighted by molar-refractivity contribution is 0.0128. The van der Waals surface area contributed by atoms with Crippen molar-refractivity contribution >= 4 is 33.1 Å². The Morgan fingerprint density at radius 3 is 2.37 bits per heavy atom. The number of H-pyrrole nitrogens is 1. The van der Waals surface area contributed by atoms with Crippen LogP contribution in [-0.2, 0) is 27.2 Å². The van der Waals surface area contributed by atoms with Gasteiger partial charge in [-0.25, -0.2) is 22.2 Å². The number of methoxy groups -OCH3 is 1. The van der Waals surface area contributed by atoms with E-state index in [0.29, 0.717) is 22.9 Å². The molecule has 1 aliphatic rings. The van der Waals surface area contributed by atoms with Gasteiger partial charge in [0.25, 0.3) is 0 Å². The molecule has 218 valence electrons. The first-order chi connectivity index (χ1) is 19.2. The molecule has 4 aromatic rings. The highest BCUT2D eigenvalue weighted by Gasteiger charge is 2.36. The van der Waals surface area contributed by atoms with E-state index in [9.17, 15) is 8.42 Å². The number of rotatable bonds is 9. The van der Waals surface area contributed by atoms with Crippen LogP contribution in [0.2, 0.25) is 0 Å². The summed E-state index contributed by atoms with van der Waals surface area (Å²) in [6.45, 7) is 5.70. The van der Waals surface area contributed by atoms with E-state index in [0.717, 1.165) is 53.1 Å². The van der Waals surface area contributed by atoms with Gasteiger partial charge in [-0.15, -0.1) is 0 Å². The summed E-state index contributed by atoms with van der Waals surface area (Å²) in [5, 5.41) is 14.9. The highest BCUT2D eigenvalue weighted by molar-refractivity contribution is 7.90. The van der Waals surface area contributed by atoms with Gasteiger partial charge in [0.15, 0.2) is 27.3 Å². The minimum absolute atomic E-state index is 0.0194. The highest BCUT2D eigenvalue weighted by atomic mass is 32.2. The van der Waals surface area contributed by atoms with Crippen LogP contribution in [0, 0.1) is 18.6 Å². The topological polar surface area (TPSA) is 131 Å². The van der Waals surface area contributed by atoms with Crippen molar-refractivity contribution in [3.05, 3.63) is 53.0 Å². The Labute approximate surface area is 236 Å². The number of hydrogen-bond donors (Lipinski definition) is 2. The molecule has 0 spiro atoms. The van der Waals surface area contributed by atoms with Gasteiger partial charge in [0, 0.05) is 50.3 Å². The van der Waals surface area contributed by atoms with Crippen molar-refractivity contribution in [1.82, 2.24) is 29.9 Å². The molecule has 5 rings (SSSR count). The van der Waals surface area contributed by atoms with Gasteiger partial charge in [-0.05, 0) is 51.7 Å². The number of aromatic nitrogens is 6. The minimum atomic E-state index is -3.84. The number of aromatic amines is 1. The van der Waals surface area contributed by atoms with Gasteiger partial charge in [-0.3, -0.25) is 9.78 Å². The third-order valence-electron chi connectivity index (χ3n) is 7.20. The standard InChI is InChI=1S/C27H32F2N8O3S/c1-14-10-20(35-34-14)31-25-21(15-8-9-15)22(17-13-30-37(5)24(17)27(2,3)40-6)32-26(33-25)36(4)23-18(28)11-16(12-19(23)29)41(7,38)39/h10-13,15H,8-9H2,1-7H3,(H2,31,32,33,34,35). The smallest absolute Gasteiger partial charge is 0.232 e. The molecule has 0 atom stereocenters. The normalized spacial score (nSPS) is 14.0. The van der Waals surface area contributed by atoms with Crippen LogP contribution in [-0.4, -0.2) is 58.8 Å². The van der Waals surface area contributed by atoms with Gasteiger partial charge in [-0.2, -0.15) is 15.2 Å². The molecule has 3 heterocycles. The molecule has 1 fully saturated rings. The quantitative estimate of drug-likeness (QED) is 0.282. The first-order valence-corrected chi connectivity index (χ1v) is 14.8. The first kappa shape index (κ1) is 28.6. The zero-order chi connectivity index (χ0) is 29.9. The molecule has 0 amide bonds. The molecule has 0 radical (unpaired) electrons. The molecule has 0 saturated heterocycles. The molecule has 41 heavy (non-hydrogen) atoms. The van der Waals surface area contributed by atoms with Crippen molar-refractivity contribution < 1.29 is 21.9 Å². The van der Waals surface area contributed by atoms with Crippen LogP contribution in [0.3, 0.4) is 0 Å². The van der Waals surface area contributed by atoms with Crippen molar-refractivity contribution in [3.63, 3.8) is 0 Å². The van der Waals surface area contributed by atoms with Crippen LogP contribution in [0.25, 0.3) is 11.3 Å². The van der Waals surface area contributed by atoms with E-state index in [1.807, 2.05) is 33.9 Å².